The van der Waals surface area contributed by atoms with Crippen LogP contribution in [0, 0.1) is 0 Å². The van der Waals surface area contributed by atoms with E-state index in [2.05, 4.69) is 16.4 Å². The van der Waals surface area contributed by atoms with Gasteiger partial charge in [0.1, 0.15) is 18.1 Å². The lowest BCUT2D eigenvalue weighted by Gasteiger charge is -2.12. The molecule has 0 radical (unpaired) electrons. The van der Waals surface area contributed by atoms with Gasteiger partial charge in [-0.05, 0) is 53.6 Å². The maximum atomic E-state index is 12.4. The molecule has 0 fully saturated rings. The van der Waals surface area contributed by atoms with E-state index in [1.807, 2.05) is 55.5 Å². The molecule has 1 atom stereocenters. The Morgan fingerprint density at radius 2 is 1.93 bits per heavy atom. The van der Waals surface area contributed by atoms with Gasteiger partial charge in [-0.3, -0.25) is 9.78 Å². The number of pyridine rings is 1. The van der Waals surface area contributed by atoms with Crippen LogP contribution in [0.2, 0.25) is 0 Å². The summed E-state index contributed by atoms with van der Waals surface area (Å²) in [6.45, 7) is 2.16. The Morgan fingerprint density at radius 3 is 2.75 bits per heavy atom. The SMILES string of the molecule is CC(NC(=O)c1ccc(COc2ccc3ccccc3c2)o1)c1cccnc1. The Labute approximate surface area is 163 Å². The first-order valence-corrected chi connectivity index (χ1v) is 9.10. The zero-order valence-electron chi connectivity index (χ0n) is 15.5. The maximum Gasteiger partial charge on any atom is 0.287 e. The Balaban J connectivity index is 1.37. The largest absolute Gasteiger partial charge is 0.486 e. The van der Waals surface area contributed by atoms with Gasteiger partial charge in [-0.1, -0.05) is 36.4 Å². The third-order valence-corrected chi connectivity index (χ3v) is 4.52. The number of hydrogen-bond donors (Lipinski definition) is 1. The highest BCUT2D eigenvalue weighted by Crippen LogP contribution is 2.22. The van der Waals surface area contributed by atoms with Crippen LogP contribution in [0.5, 0.6) is 5.75 Å². The lowest BCUT2D eigenvalue weighted by Crippen LogP contribution is -2.26. The van der Waals surface area contributed by atoms with E-state index in [0.29, 0.717) is 5.76 Å². The summed E-state index contributed by atoms with van der Waals surface area (Å²) in [5.74, 6) is 1.33. The van der Waals surface area contributed by atoms with Gasteiger partial charge in [-0.2, -0.15) is 0 Å². The summed E-state index contributed by atoms with van der Waals surface area (Å²) < 4.78 is 11.4. The van der Waals surface area contributed by atoms with Gasteiger partial charge in [0.15, 0.2) is 5.76 Å². The summed E-state index contributed by atoms with van der Waals surface area (Å²) in [5, 5.41) is 5.18. The predicted molar refractivity (Wildman–Crippen MR) is 107 cm³/mol. The quantitative estimate of drug-likeness (QED) is 0.523. The molecule has 2 aromatic carbocycles. The van der Waals surface area contributed by atoms with Gasteiger partial charge in [0, 0.05) is 12.4 Å². The number of fused-ring (bicyclic) bond motifs is 1. The molecule has 0 saturated carbocycles. The Morgan fingerprint density at radius 1 is 1.07 bits per heavy atom. The van der Waals surface area contributed by atoms with E-state index in [1.54, 1.807) is 24.5 Å². The minimum Gasteiger partial charge on any atom is -0.486 e. The summed E-state index contributed by atoms with van der Waals surface area (Å²) in [6, 6.07) is 21.0. The van der Waals surface area contributed by atoms with Crippen LogP contribution in [0.4, 0.5) is 0 Å². The van der Waals surface area contributed by atoms with E-state index in [4.69, 9.17) is 9.15 Å². The number of hydrogen-bond acceptors (Lipinski definition) is 4. The zero-order valence-corrected chi connectivity index (χ0v) is 15.5. The van der Waals surface area contributed by atoms with Gasteiger partial charge in [-0.25, -0.2) is 0 Å². The van der Waals surface area contributed by atoms with E-state index in [1.165, 1.54) is 0 Å². The molecule has 140 valence electrons. The number of nitrogens with one attached hydrogen (secondary N) is 1. The van der Waals surface area contributed by atoms with Crippen molar-refractivity contribution in [2.45, 2.75) is 19.6 Å². The fraction of sp³-hybridized carbons (Fsp3) is 0.130. The molecule has 0 aliphatic carbocycles. The van der Waals surface area contributed by atoms with E-state index >= 15 is 0 Å². The first-order valence-electron chi connectivity index (χ1n) is 9.10. The molecule has 4 aromatic rings. The molecular formula is C23H20N2O3. The Kier molecular flexibility index (Phi) is 5.06. The van der Waals surface area contributed by atoms with Crippen molar-refractivity contribution < 1.29 is 13.9 Å². The van der Waals surface area contributed by atoms with Crippen LogP contribution in [0.3, 0.4) is 0 Å². The highest BCUT2D eigenvalue weighted by molar-refractivity contribution is 5.91. The molecule has 0 bridgehead atoms. The molecule has 0 aliphatic heterocycles. The lowest BCUT2D eigenvalue weighted by atomic mass is 10.1. The van der Waals surface area contributed by atoms with Gasteiger partial charge in [0.05, 0.1) is 6.04 Å². The molecule has 1 unspecified atom stereocenters. The van der Waals surface area contributed by atoms with Gasteiger partial charge in [-0.15, -0.1) is 0 Å². The fourth-order valence-corrected chi connectivity index (χ4v) is 2.97. The van der Waals surface area contributed by atoms with E-state index in [-0.39, 0.29) is 24.3 Å². The number of carbonyl (C=O) groups is 1. The predicted octanol–water partition coefficient (Wildman–Crippen LogP) is 4.90. The van der Waals surface area contributed by atoms with Crippen molar-refractivity contribution in [2.24, 2.45) is 0 Å². The van der Waals surface area contributed by atoms with Crippen molar-refractivity contribution in [3.63, 3.8) is 0 Å². The van der Waals surface area contributed by atoms with Gasteiger partial charge >= 0.3 is 0 Å². The summed E-state index contributed by atoms with van der Waals surface area (Å²) >= 11 is 0. The standard InChI is InChI=1S/C23H20N2O3/c1-16(19-7-4-12-24-14-19)25-23(26)22-11-10-21(28-22)15-27-20-9-8-17-5-2-3-6-18(17)13-20/h2-14,16H,15H2,1H3,(H,25,26). The van der Waals surface area contributed by atoms with Crippen LogP contribution < -0.4 is 10.1 Å². The number of amides is 1. The number of ether oxygens (including phenoxy) is 1. The van der Waals surface area contributed by atoms with Crippen molar-refractivity contribution in [1.82, 2.24) is 10.3 Å². The molecule has 2 aromatic heterocycles. The Hall–Kier alpha value is -3.60. The average molecular weight is 372 g/mol. The molecule has 0 aliphatic rings. The second-order valence-electron chi connectivity index (χ2n) is 6.55. The van der Waals surface area contributed by atoms with Gasteiger partial charge in [0.25, 0.3) is 5.91 Å². The monoisotopic (exact) mass is 372 g/mol. The number of carbonyl (C=O) groups excluding carboxylic acids is 1. The first kappa shape index (κ1) is 17.8. The van der Waals surface area contributed by atoms with Gasteiger partial charge in [0.2, 0.25) is 0 Å². The molecule has 28 heavy (non-hydrogen) atoms. The number of aromatic nitrogens is 1. The summed E-state index contributed by atoms with van der Waals surface area (Å²) in [6.07, 6.45) is 3.43. The molecule has 2 heterocycles. The molecule has 4 rings (SSSR count). The van der Waals surface area contributed by atoms with Crippen LogP contribution in [-0.4, -0.2) is 10.9 Å². The van der Waals surface area contributed by atoms with Crippen LogP contribution in [0.1, 0.15) is 34.8 Å². The molecular weight excluding hydrogens is 352 g/mol. The van der Waals surface area contributed by atoms with Gasteiger partial charge < -0.3 is 14.5 Å². The summed E-state index contributed by atoms with van der Waals surface area (Å²) in [7, 11) is 0. The summed E-state index contributed by atoms with van der Waals surface area (Å²) in [5.41, 5.74) is 0.933. The van der Waals surface area contributed by atoms with Crippen LogP contribution in [0.25, 0.3) is 10.8 Å². The molecule has 0 spiro atoms. The fourth-order valence-electron chi connectivity index (χ4n) is 2.97. The second kappa shape index (κ2) is 7.96. The second-order valence-corrected chi connectivity index (χ2v) is 6.55. The topological polar surface area (TPSA) is 64.4 Å². The first-order chi connectivity index (χ1) is 13.7. The minimum absolute atomic E-state index is 0.163. The Bertz CT molecular complexity index is 1090. The van der Waals surface area contributed by atoms with Crippen molar-refractivity contribution in [2.75, 3.05) is 0 Å². The van der Waals surface area contributed by atoms with E-state index in [9.17, 15) is 4.79 Å². The summed E-state index contributed by atoms with van der Waals surface area (Å²) in [4.78, 5) is 16.5. The minimum atomic E-state index is -0.270. The van der Waals surface area contributed by atoms with Crippen LogP contribution in [0.15, 0.2) is 83.5 Å². The van der Waals surface area contributed by atoms with Crippen molar-refractivity contribution in [3.05, 3.63) is 96.2 Å². The molecule has 0 saturated heterocycles. The van der Waals surface area contributed by atoms with Crippen LogP contribution >= 0.6 is 0 Å². The smallest absolute Gasteiger partial charge is 0.287 e. The maximum absolute atomic E-state index is 12.4. The lowest BCUT2D eigenvalue weighted by molar-refractivity contribution is 0.0907. The molecule has 5 heteroatoms. The highest BCUT2D eigenvalue weighted by atomic mass is 16.5. The van der Waals surface area contributed by atoms with Crippen molar-refractivity contribution in [1.29, 1.82) is 0 Å². The number of benzene rings is 2. The van der Waals surface area contributed by atoms with Crippen molar-refractivity contribution >= 4 is 16.7 Å². The zero-order chi connectivity index (χ0) is 19.3. The molecule has 1 N–H and O–H groups in total. The number of rotatable bonds is 6. The third-order valence-electron chi connectivity index (χ3n) is 4.52. The van der Waals surface area contributed by atoms with E-state index < -0.39 is 0 Å². The average Bonchev–Trinajstić information content (AvgIpc) is 3.22. The van der Waals surface area contributed by atoms with Crippen LogP contribution in [-0.2, 0) is 6.61 Å². The van der Waals surface area contributed by atoms with Crippen molar-refractivity contribution in [3.8, 4) is 5.75 Å². The molecule has 1 amide bonds. The highest BCUT2D eigenvalue weighted by Gasteiger charge is 2.15. The normalized spacial score (nSPS) is 11.9. The van der Waals surface area contributed by atoms with E-state index in [0.717, 1.165) is 22.1 Å². The number of nitrogens with zero attached hydrogens (tertiary/aromatic N) is 1. The molecule has 5 nitrogen and oxygen atoms in total. The third kappa shape index (κ3) is 4.04. The number of furan rings is 1.